The van der Waals surface area contributed by atoms with Crippen molar-refractivity contribution in [3.63, 3.8) is 0 Å². The van der Waals surface area contributed by atoms with E-state index in [-0.39, 0.29) is 5.41 Å². The maximum absolute atomic E-state index is 4.21. The predicted molar refractivity (Wildman–Crippen MR) is 75.4 cm³/mol. The largest absolute Gasteiger partial charge is 0.0654 e. The summed E-state index contributed by atoms with van der Waals surface area (Å²) in [7, 11) is 0. The molecule has 0 bridgehead atoms. The zero-order valence-corrected chi connectivity index (χ0v) is 12.5. The Bertz CT molecular complexity index is 163. The summed E-state index contributed by atoms with van der Waals surface area (Å²) in [6, 6.07) is 0. The summed E-state index contributed by atoms with van der Waals surface area (Å²) in [4.78, 5) is 0. The molecule has 3 atom stereocenters. The highest BCUT2D eigenvalue weighted by atomic mass is 14.2. The normalized spacial score (nSPS) is 18.2. The molecule has 3 unspecified atom stereocenters. The van der Waals surface area contributed by atoms with Gasteiger partial charge >= 0.3 is 0 Å². The van der Waals surface area contributed by atoms with Crippen LogP contribution in [0.3, 0.4) is 0 Å². The van der Waals surface area contributed by atoms with Crippen LogP contribution in [0.4, 0.5) is 0 Å². The van der Waals surface area contributed by atoms with Crippen molar-refractivity contribution in [2.45, 2.75) is 73.6 Å². The van der Waals surface area contributed by atoms with E-state index in [0.717, 1.165) is 17.8 Å². The maximum Gasteiger partial charge on any atom is -0.0351 e. The van der Waals surface area contributed by atoms with Crippen LogP contribution >= 0.6 is 0 Å². The van der Waals surface area contributed by atoms with Crippen LogP contribution in [0.15, 0.2) is 0 Å². The molecule has 0 saturated carbocycles. The van der Waals surface area contributed by atoms with Crippen molar-refractivity contribution >= 4 is 0 Å². The Balaban J connectivity index is 3.82. The van der Waals surface area contributed by atoms with Gasteiger partial charge in [-0.1, -0.05) is 54.4 Å². The summed E-state index contributed by atoms with van der Waals surface area (Å²) in [5, 5.41) is 0. The van der Waals surface area contributed by atoms with Gasteiger partial charge in [-0.15, -0.1) is 0 Å². The third-order valence-corrected chi connectivity index (χ3v) is 3.29. The lowest BCUT2D eigenvalue weighted by atomic mass is 9.80. The Kier molecular flexibility index (Phi) is 7.35. The zero-order valence-electron chi connectivity index (χ0n) is 12.5. The minimum absolute atomic E-state index is 0.244. The number of hydrogen-bond donors (Lipinski definition) is 0. The molecule has 0 aromatic carbocycles. The van der Waals surface area contributed by atoms with Crippen molar-refractivity contribution in [3.8, 4) is 0 Å². The lowest BCUT2D eigenvalue weighted by Crippen LogP contribution is -2.14. The summed E-state index contributed by atoms with van der Waals surface area (Å²) in [6.45, 7) is 18.2. The molecule has 0 heteroatoms. The molecule has 1 radical (unpaired) electrons. The third kappa shape index (κ3) is 9.24. The Labute approximate surface area is 104 Å². The van der Waals surface area contributed by atoms with Gasteiger partial charge < -0.3 is 0 Å². The van der Waals surface area contributed by atoms with Gasteiger partial charge in [0.15, 0.2) is 0 Å². The van der Waals surface area contributed by atoms with Gasteiger partial charge in [0.25, 0.3) is 0 Å². The minimum atomic E-state index is 0.244. The average molecular weight is 225 g/mol. The molecule has 0 amide bonds. The Morgan fingerprint density at radius 2 is 1.44 bits per heavy atom. The molecule has 0 fully saturated rings. The molecular weight excluding hydrogens is 192 g/mol. The summed E-state index contributed by atoms with van der Waals surface area (Å²) >= 11 is 0. The van der Waals surface area contributed by atoms with Gasteiger partial charge in [-0.2, -0.15) is 0 Å². The second-order valence-corrected chi connectivity index (χ2v) is 6.94. The zero-order chi connectivity index (χ0) is 12.8. The van der Waals surface area contributed by atoms with Crippen LogP contribution in [0.25, 0.3) is 0 Å². The fourth-order valence-corrected chi connectivity index (χ4v) is 3.11. The fraction of sp³-hybridized carbons (Fsp3) is 0.938. The first-order valence-corrected chi connectivity index (χ1v) is 7.10. The quantitative estimate of drug-likeness (QED) is 0.495. The van der Waals surface area contributed by atoms with Crippen LogP contribution in [0.1, 0.15) is 73.6 Å². The van der Waals surface area contributed by atoms with Crippen molar-refractivity contribution in [1.29, 1.82) is 0 Å². The summed E-state index contributed by atoms with van der Waals surface area (Å²) in [5.41, 5.74) is 0.244. The number of hydrogen-bond acceptors (Lipinski definition) is 0. The van der Waals surface area contributed by atoms with E-state index < -0.39 is 0 Å². The van der Waals surface area contributed by atoms with Crippen LogP contribution in [0, 0.1) is 30.1 Å². The van der Waals surface area contributed by atoms with E-state index in [1.165, 1.54) is 32.1 Å². The van der Waals surface area contributed by atoms with Gasteiger partial charge in [0, 0.05) is 0 Å². The summed E-state index contributed by atoms with van der Waals surface area (Å²) in [5.74, 6) is 2.59. The number of rotatable bonds is 8. The van der Waals surface area contributed by atoms with E-state index in [0.29, 0.717) is 0 Å². The topological polar surface area (TPSA) is 0 Å². The molecular formula is C16H33. The summed E-state index contributed by atoms with van der Waals surface area (Å²) < 4.78 is 0. The van der Waals surface area contributed by atoms with Crippen molar-refractivity contribution in [2.24, 2.45) is 23.2 Å². The second kappa shape index (κ2) is 7.35. The van der Waals surface area contributed by atoms with Crippen LogP contribution in [0.2, 0.25) is 0 Å². The van der Waals surface area contributed by atoms with Crippen molar-refractivity contribution in [3.05, 3.63) is 6.92 Å². The fourth-order valence-electron chi connectivity index (χ4n) is 3.11. The van der Waals surface area contributed by atoms with Gasteiger partial charge in [-0.25, -0.2) is 0 Å². The molecule has 0 N–H and O–H groups in total. The molecule has 0 spiro atoms. The molecule has 0 rings (SSSR count). The highest BCUT2D eigenvalue weighted by Gasteiger charge is 2.18. The molecule has 16 heavy (non-hydrogen) atoms. The highest BCUT2D eigenvalue weighted by molar-refractivity contribution is 4.75. The molecule has 0 aromatic rings. The van der Waals surface area contributed by atoms with E-state index >= 15 is 0 Å². The first-order chi connectivity index (χ1) is 7.24. The van der Waals surface area contributed by atoms with Gasteiger partial charge in [0.1, 0.15) is 0 Å². The van der Waals surface area contributed by atoms with E-state index in [4.69, 9.17) is 0 Å². The second-order valence-electron chi connectivity index (χ2n) is 6.94. The van der Waals surface area contributed by atoms with E-state index in [1.54, 1.807) is 0 Å². The van der Waals surface area contributed by atoms with Gasteiger partial charge in [0.2, 0.25) is 0 Å². The van der Waals surface area contributed by atoms with E-state index in [1.807, 2.05) is 0 Å². The van der Waals surface area contributed by atoms with Crippen molar-refractivity contribution < 1.29 is 0 Å². The molecule has 0 aliphatic carbocycles. The monoisotopic (exact) mass is 225 g/mol. The average Bonchev–Trinajstić information content (AvgIpc) is 1.98. The standard InChI is InChI=1S/C16H33/c1-8-9-13(2)10-14(3)11-15(4)12-16(5,6)7/h13-15H,5,8-12H2,1-4,6-7H3. The molecule has 0 aromatic heterocycles. The first-order valence-electron chi connectivity index (χ1n) is 7.10. The minimum Gasteiger partial charge on any atom is -0.0654 e. The molecule has 0 aliphatic heterocycles. The molecule has 97 valence electrons. The van der Waals surface area contributed by atoms with Crippen LogP contribution in [-0.2, 0) is 0 Å². The SMILES string of the molecule is [CH2]C(C)(C)CC(C)CC(C)CC(C)CCC. The maximum atomic E-state index is 4.21. The first kappa shape index (κ1) is 16.0. The Morgan fingerprint density at radius 1 is 0.938 bits per heavy atom. The Hall–Kier alpha value is 0. The van der Waals surface area contributed by atoms with Gasteiger partial charge in [0.05, 0.1) is 0 Å². The smallest absolute Gasteiger partial charge is 0.0351 e. The van der Waals surface area contributed by atoms with Gasteiger partial charge in [-0.3, -0.25) is 0 Å². The lowest BCUT2D eigenvalue weighted by molar-refractivity contribution is 0.275. The highest BCUT2D eigenvalue weighted by Crippen LogP contribution is 2.30. The van der Waals surface area contributed by atoms with Gasteiger partial charge in [-0.05, 0) is 49.4 Å². The van der Waals surface area contributed by atoms with Crippen molar-refractivity contribution in [1.82, 2.24) is 0 Å². The van der Waals surface area contributed by atoms with Crippen LogP contribution in [-0.4, -0.2) is 0 Å². The van der Waals surface area contributed by atoms with E-state index in [9.17, 15) is 0 Å². The molecule has 0 heterocycles. The molecule has 0 aliphatic rings. The van der Waals surface area contributed by atoms with Crippen molar-refractivity contribution in [2.75, 3.05) is 0 Å². The molecule has 0 nitrogen and oxygen atoms in total. The van der Waals surface area contributed by atoms with E-state index in [2.05, 4.69) is 48.5 Å². The van der Waals surface area contributed by atoms with Crippen LogP contribution < -0.4 is 0 Å². The lowest BCUT2D eigenvalue weighted by Gasteiger charge is -2.26. The summed E-state index contributed by atoms with van der Waals surface area (Å²) in [6.07, 6.45) is 6.73. The third-order valence-electron chi connectivity index (χ3n) is 3.29. The molecule has 0 saturated heterocycles. The predicted octanol–water partition coefficient (Wildman–Crippen LogP) is 5.73. The Morgan fingerprint density at radius 3 is 1.88 bits per heavy atom. The van der Waals surface area contributed by atoms with Crippen LogP contribution in [0.5, 0.6) is 0 Å².